The van der Waals surface area contributed by atoms with E-state index in [0.717, 1.165) is 17.2 Å². The van der Waals surface area contributed by atoms with Crippen LogP contribution in [0.3, 0.4) is 0 Å². The van der Waals surface area contributed by atoms with Crippen LogP contribution in [-0.4, -0.2) is 15.3 Å². The number of benzene rings is 4. The Balaban J connectivity index is 1.32. The maximum absolute atomic E-state index is 11.7. The molecule has 4 aromatic rings. The molecular formula is C24H20N6O6. The van der Waals surface area contributed by atoms with Gasteiger partial charge in [0.15, 0.2) is 11.5 Å². The van der Waals surface area contributed by atoms with Gasteiger partial charge in [-0.15, -0.1) is 5.53 Å². The van der Waals surface area contributed by atoms with E-state index < -0.39 is 33.5 Å². The van der Waals surface area contributed by atoms with Gasteiger partial charge in [0, 0.05) is 0 Å². The van der Waals surface area contributed by atoms with Crippen molar-refractivity contribution < 1.29 is 15.3 Å². The molecule has 0 aromatic heterocycles. The highest BCUT2D eigenvalue weighted by Gasteiger charge is 2.10. The predicted octanol–water partition coefficient (Wildman–Crippen LogP) is 0.803. The molecule has 0 heterocycles. The summed E-state index contributed by atoms with van der Waals surface area (Å²) < 4.78 is 0. The van der Waals surface area contributed by atoms with Crippen LogP contribution >= 0.6 is 0 Å². The minimum atomic E-state index is -1.12. The van der Waals surface area contributed by atoms with Crippen LogP contribution in [-0.2, 0) is 0 Å². The summed E-state index contributed by atoms with van der Waals surface area (Å²) in [5.41, 5.74) is 13.9. The number of nitrogens with zero attached hydrogens (tertiary/aromatic N) is 1. The number of hydrazine groups is 3. The van der Waals surface area contributed by atoms with Crippen molar-refractivity contribution in [3.63, 3.8) is 0 Å². The molecule has 0 amide bonds. The molecule has 182 valence electrons. The lowest BCUT2D eigenvalue weighted by atomic mass is 10.1. The highest BCUT2D eigenvalue weighted by molar-refractivity contribution is 5.68. The predicted molar refractivity (Wildman–Crippen MR) is 134 cm³/mol. The van der Waals surface area contributed by atoms with E-state index >= 15 is 0 Å². The normalized spacial score (nSPS) is 11.2. The van der Waals surface area contributed by atoms with Crippen LogP contribution in [0.1, 0.15) is 0 Å². The first-order valence-electron chi connectivity index (χ1n) is 10.4. The van der Waals surface area contributed by atoms with E-state index in [9.17, 15) is 29.7 Å². The highest BCUT2D eigenvalue weighted by atomic mass is 16.3. The molecule has 0 radical (unpaired) electrons. The lowest BCUT2D eigenvalue weighted by Gasteiger charge is -2.13. The Bertz CT molecular complexity index is 1600. The molecule has 8 N–H and O–H groups in total. The SMILES string of the molecule is O=c1ccc(=NNNc2ccc(-c3ccc(NNNc4ccc(O)c(O)c4O)cc3)cc2)c(=O)c1=O. The molecule has 0 aliphatic carbocycles. The third kappa shape index (κ3) is 5.24. The number of hydrogen-bond donors (Lipinski definition) is 8. The maximum Gasteiger partial charge on any atom is 0.275 e. The van der Waals surface area contributed by atoms with Crippen molar-refractivity contribution in [3.8, 4) is 28.4 Å². The third-order valence-electron chi connectivity index (χ3n) is 5.07. The Morgan fingerprint density at radius 1 is 0.583 bits per heavy atom. The summed E-state index contributed by atoms with van der Waals surface area (Å²) in [6, 6.07) is 19.5. The number of rotatable bonds is 8. The van der Waals surface area contributed by atoms with Crippen molar-refractivity contribution in [1.82, 2.24) is 11.1 Å². The fourth-order valence-electron chi connectivity index (χ4n) is 3.11. The molecule has 12 heteroatoms. The number of phenols is 3. The van der Waals surface area contributed by atoms with Crippen molar-refractivity contribution in [2.24, 2.45) is 5.10 Å². The van der Waals surface area contributed by atoms with E-state index in [1.165, 1.54) is 18.2 Å². The molecule has 4 rings (SSSR count). The van der Waals surface area contributed by atoms with Gasteiger partial charge in [-0.05, 0) is 59.7 Å². The first-order valence-corrected chi connectivity index (χ1v) is 10.4. The zero-order chi connectivity index (χ0) is 25.7. The van der Waals surface area contributed by atoms with Gasteiger partial charge in [-0.1, -0.05) is 24.3 Å². The van der Waals surface area contributed by atoms with Crippen molar-refractivity contribution in [1.29, 1.82) is 0 Å². The first kappa shape index (κ1) is 23.8. The van der Waals surface area contributed by atoms with Crippen LogP contribution in [0.2, 0.25) is 0 Å². The summed E-state index contributed by atoms with van der Waals surface area (Å²) in [4.78, 5) is 34.3. The molecule has 0 unspecified atom stereocenters. The Morgan fingerprint density at radius 3 is 1.83 bits per heavy atom. The Kier molecular flexibility index (Phi) is 6.79. The third-order valence-corrected chi connectivity index (χ3v) is 5.07. The van der Waals surface area contributed by atoms with Gasteiger partial charge in [-0.25, -0.2) is 5.53 Å². The molecular weight excluding hydrogens is 468 g/mol. The van der Waals surface area contributed by atoms with Gasteiger partial charge in [0.2, 0.25) is 11.2 Å². The molecule has 0 atom stereocenters. The van der Waals surface area contributed by atoms with E-state index in [2.05, 4.69) is 32.4 Å². The second-order valence-electron chi connectivity index (χ2n) is 7.45. The number of nitrogens with one attached hydrogen (secondary N) is 5. The summed E-state index contributed by atoms with van der Waals surface area (Å²) in [7, 11) is 0. The van der Waals surface area contributed by atoms with Crippen molar-refractivity contribution >= 4 is 17.1 Å². The van der Waals surface area contributed by atoms with E-state index in [4.69, 9.17) is 0 Å². The zero-order valence-electron chi connectivity index (χ0n) is 18.4. The Labute approximate surface area is 202 Å². The van der Waals surface area contributed by atoms with E-state index in [0.29, 0.717) is 11.4 Å². The fourth-order valence-corrected chi connectivity index (χ4v) is 3.11. The topological polar surface area (TPSA) is 184 Å². The molecule has 4 aromatic carbocycles. The lowest BCUT2D eigenvalue weighted by molar-refractivity contribution is 0.369. The maximum atomic E-state index is 11.7. The molecule has 0 fully saturated rings. The largest absolute Gasteiger partial charge is 0.504 e. The van der Waals surface area contributed by atoms with Crippen molar-refractivity contribution in [3.05, 3.63) is 109 Å². The summed E-state index contributed by atoms with van der Waals surface area (Å²) in [6.07, 6.45) is 0. The van der Waals surface area contributed by atoms with Crippen LogP contribution in [0.15, 0.2) is 92.3 Å². The summed E-state index contributed by atoms with van der Waals surface area (Å²) >= 11 is 0. The average Bonchev–Trinajstić information content (AvgIpc) is 2.89. The second-order valence-corrected chi connectivity index (χ2v) is 7.45. The molecule has 0 spiro atoms. The molecule has 36 heavy (non-hydrogen) atoms. The smallest absolute Gasteiger partial charge is 0.275 e. The van der Waals surface area contributed by atoms with Gasteiger partial charge in [0.1, 0.15) is 5.36 Å². The van der Waals surface area contributed by atoms with Crippen molar-refractivity contribution in [2.45, 2.75) is 0 Å². The molecule has 0 saturated heterocycles. The van der Waals surface area contributed by atoms with Crippen LogP contribution in [0.25, 0.3) is 11.1 Å². The van der Waals surface area contributed by atoms with Crippen molar-refractivity contribution in [2.75, 3.05) is 16.3 Å². The quantitative estimate of drug-likeness (QED) is 0.0759. The van der Waals surface area contributed by atoms with Gasteiger partial charge in [0.05, 0.1) is 17.1 Å². The average molecular weight is 488 g/mol. The van der Waals surface area contributed by atoms with Crippen LogP contribution in [0.4, 0.5) is 17.1 Å². The summed E-state index contributed by atoms with van der Waals surface area (Å²) in [5.74, 6) is -1.55. The lowest BCUT2D eigenvalue weighted by Crippen LogP contribution is -2.47. The van der Waals surface area contributed by atoms with E-state index in [1.54, 1.807) is 12.1 Å². The minimum Gasteiger partial charge on any atom is -0.504 e. The molecule has 12 nitrogen and oxygen atoms in total. The minimum absolute atomic E-state index is 0.161. The van der Waals surface area contributed by atoms with Gasteiger partial charge in [-0.2, -0.15) is 5.10 Å². The molecule has 0 saturated carbocycles. The number of anilines is 3. The van der Waals surface area contributed by atoms with Gasteiger partial charge >= 0.3 is 0 Å². The monoisotopic (exact) mass is 488 g/mol. The number of aromatic hydroxyl groups is 3. The van der Waals surface area contributed by atoms with Gasteiger partial charge in [-0.3, -0.25) is 19.8 Å². The number of phenolic OH excluding ortho intramolecular Hbond substituents is 3. The zero-order valence-corrected chi connectivity index (χ0v) is 18.4. The molecule has 0 bridgehead atoms. The Morgan fingerprint density at radius 2 is 1.19 bits per heavy atom. The van der Waals surface area contributed by atoms with Crippen LogP contribution < -0.4 is 49.0 Å². The molecule has 0 aliphatic heterocycles. The van der Waals surface area contributed by atoms with E-state index in [1.807, 2.05) is 36.4 Å². The Hall–Kier alpha value is -5.36. The summed E-state index contributed by atoms with van der Waals surface area (Å²) in [6.45, 7) is 0. The second kappa shape index (κ2) is 10.3. The van der Waals surface area contributed by atoms with Gasteiger partial charge in [0.25, 0.3) is 10.9 Å². The van der Waals surface area contributed by atoms with Crippen LogP contribution in [0.5, 0.6) is 17.2 Å². The van der Waals surface area contributed by atoms with Crippen LogP contribution in [0, 0.1) is 0 Å². The van der Waals surface area contributed by atoms with E-state index in [-0.39, 0.29) is 11.0 Å². The highest BCUT2D eigenvalue weighted by Crippen LogP contribution is 2.39. The standard InChI is InChI=1S/C24H20N6O6/c31-19-11-9-17(21(33)23(19)35)27-29-25-15-5-1-13(2-6-15)14-3-7-16(8-4-14)26-30-28-18-10-12-20(32)24(36)22(18)34/h1-12,25-27,29-31,33,35H. The number of hydrogen-bond acceptors (Lipinski definition) is 12. The molecule has 0 aliphatic rings. The first-order chi connectivity index (χ1) is 17.3. The van der Waals surface area contributed by atoms with Gasteiger partial charge < -0.3 is 26.2 Å². The fraction of sp³-hybridized carbons (Fsp3) is 0. The summed E-state index contributed by atoms with van der Waals surface area (Å²) in [5, 5.41) is 32.3.